The molecule has 272 valence electrons. The van der Waals surface area contributed by atoms with Crippen LogP contribution in [0, 0.1) is 46.4 Å². The van der Waals surface area contributed by atoms with Crippen molar-refractivity contribution in [3.63, 3.8) is 0 Å². The molecule has 0 atom stereocenters. The summed E-state index contributed by atoms with van der Waals surface area (Å²) in [6.45, 7) is 7.61. The number of aromatic nitrogens is 2. The Morgan fingerprint density at radius 1 is 0.441 bits per heavy atom. The molecule has 0 amide bonds. The highest BCUT2D eigenvalue weighted by Crippen LogP contribution is 2.42. The maximum Gasteiger partial charge on any atom is 0.187 e. The standard InChI is InChI=1S/C52H27FN6/c1-57-39-11-7-10-35(24-39)37-18-21-44-42-13-3-5-15-48(42)59(50(44)26-37)52-28-38(40-19-16-33(30-55)23-46(40)53)27-51(45(52)31-56)58-47-14-4-2-12-41(47)43-20-17-36(25-49(43)58)34-9-6-8-32(22-34)29-54/h2-28H. The Morgan fingerprint density at radius 3 is 1.53 bits per heavy atom. The number of nitriles is 3. The first kappa shape index (κ1) is 34.7. The number of benzene rings is 8. The van der Waals surface area contributed by atoms with Crippen LogP contribution >= 0.6 is 0 Å². The molecule has 0 spiro atoms. The normalized spacial score (nSPS) is 11.1. The van der Waals surface area contributed by atoms with E-state index < -0.39 is 5.82 Å². The molecule has 0 radical (unpaired) electrons. The molecule has 10 rings (SSSR count). The molecule has 0 aliphatic heterocycles. The van der Waals surface area contributed by atoms with E-state index in [4.69, 9.17) is 6.57 Å². The van der Waals surface area contributed by atoms with Crippen LogP contribution in [0.5, 0.6) is 0 Å². The third-order valence-corrected chi connectivity index (χ3v) is 11.1. The van der Waals surface area contributed by atoms with Gasteiger partial charge in [0.1, 0.15) is 17.4 Å². The van der Waals surface area contributed by atoms with Crippen LogP contribution in [0.3, 0.4) is 0 Å². The van der Waals surface area contributed by atoms with E-state index >= 15 is 4.39 Å². The second-order valence-electron chi connectivity index (χ2n) is 14.3. The van der Waals surface area contributed by atoms with Crippen LogP contribution in [-0.4, -0.2) is 9.13 Å². The van der Waals surface area contributed by atoms with Crippen molar-refractivity contribution in [3.05, 3.63) is 198 Å². The first-order valence-corrected chi connectivity index (χ1v) is 18.8. The van der Waals surface area contributed by atoms with Crippen LogP contribution in [0.4, 0.5) is 10.1 Å². The molecule has 8 aromatic carbocycles. The van der Waals surface area contributed by atoms with Crippen LogP contribution in [0.2, 0.25) is 0 Å². The summed E-state index contributed by atoms with van der Waals surface area (Å²) in [5.41, 5.74) is 10.5. The zero-order valence-electron chi connectivity index (χ0n) is 31.1. The zero-order valence-corrected chi connectivity index (χ0v) is 31.1. The van der Waals surface area contributed by atoms with E-state index in [0.29, 0.717) is 33.8 Å². The van der Waals surface area contributed by atoms with Gasteiger partial charge in [0.15, 0.2) is 5.69 Å². The fourth-order valence-electron chi connectivity index (χ4n) is 8.40. The van der Waals surface area contributed by atoms with E-state index in [2.05, 4.69) is 62.5 Å². The smallest absolute Gasteiger partial charge is 0.187 e. The summed E-state index contributed by atoms with van der Waals surface area (Å²) in [6, 6.07) is 58.4. The summed E-state index contributed by atoms with van der Waals surface area (Å²) >= 11 is 0. The minimum atomic E-state index is -0.559. The van der Waals surface area contributed by atoms with Crippen LogP contribution in [0.25, 0.3) is 93.2 Å². The van der Waals surface area contributed by atoms with E-state index in [1.807, 2.05) is 103 Å². The number of hydrogen-bond acceptors (Lipinski definition) is 3. The maximum atomic E-state index is 16.2. The third-order valence-electron chi connectivity index (χ3n) is 11.1. The van der Waals surface area contributed by atoms with Crippen molar-refractivity contribution in [2.75, 3.05) is 0 Å². The van der Waals surface area contributed by atoms with Crippen molar-refractivity contribution in [2.24, 2.45) is 0 Å². The van der Waals surface area contributed by atoms with E-state index in [-0.39, 0.29) is 11.1 Å². The molecular formula is C52H27FN6. The molecule has 7 heteroatoms. The lowest BCUT2D eigenvalue weighted by Gasteiger charge is -2.19. The summed E-state index contributed by atoms with van der Waals surface area (Å²) in [7, 11) is 0. The monoisotopic (exact) mass is 754 g/mol. The third kappa shape index (κ3) is 5.59. The van der Waals surface area contributed by atoms with Crippen molar-refractivity contribution in [1.82, 2.24) is 9.13 Å². The Bertz CT molecular complexity index is 3380. The van der Waals surface area contributed by atoms with Gasteiger partial charge in [-0.1, -0.05) is 97.1 Å². The van der Waals surface area contributed by atoms with Gasteiger partial charge in [0.2, 0.25) is 0 Å². The van der Waals surface area contributed by atoms with Gasteiger partial charge in [0.05, 0.1) is 63.3 Å². The fraction of sp³-hybridized carbons (Fsp3) is 0. The molecule has 0 saturated heterocycles. The van der Waals surface area contributed by atoms with Gasteiger partial charge in [-0.3, -0.25) is 0 Å². The van der Waals surface area contributed by atoms with Gasteiger partial charge in [-0.15, -0.1) is 0 Å². The highest BCUT2D eigenvalue weighted by atomic mass is 19.1. The van der Waals surface area contributed by atoms with E-state index in [1.165, 1.54) is 6.07 Å². The number of rotatable bonds is 5. The summed E-state index contributed by atoms with van der Waals surface area (Å²) in [5, 5.41) is 34.6. The van der Waals surface area contributed by atoms with Gasteiger partial charge in [0, 0.05) is 27.1 Å². The molecule has 6 nitrogen and oxygen atoms in total. The van der Waals surface area contributed by atoms with E-state index in [0.717, 1.165) is 65.9 Å². The van der Waals surface area contributed by atoms with Crippen molar-refractivity contribution in [1.29, 1.82) is 15.8 Å². The van der Waals surface area contributed by atoms with E-state index in [9.17, 15) is 15.8 Å². The summed E-state index contributed by atoms with van der Waals surface area (Å²) in [4.78, 5) is 3.65. The number of nitrogens with zero attached hydrogens (tertiary/aromatic N) is 6. The van der Waals surface area contributed by atoms with Crippen LogP contribution in [0.15, 0.2) is 164 Å². The minimum absolute atomic E-state index is 0.202. The van der Waals surface area contributed by atoms with Gasteiger partial charge in [0.25, 0.3) is 0 Å². The number of hydrogen-bond donors (Lipinski definition) is 0. The van der Waals surface area contributed by atoms with Gasteiger partial charge in [-0.25, -0.2) is 9.24 Å². The Hall–Kier alpha value is -8.75. The largest absolute Gasteiger partial charge is 0.308 e. The SMILES string of the molecule is [C-]#[N+]c1cccc(-c2ccc3c4ccccc4n(-c4cc(-c5ccc(C#N)cc5F)cc(-n5c6ccccc6c6ccc(-c7cccc(C#N)c7)cc65)c4C#N)c3c2)c1. The van der Waals surface area contributed by atoms with Crippen molar-refractivity contribution in [3.8, 4) is 63.0 Å². The van der Waals surface area contributed by atoms with Crippen LogP contribution in [-0.2, 0) is 0 Å². The molecule has 0 bridgehead atoms. The quantitative estimate of drug-likeness (QED) is 0.164. The number of halogens is 1. The van der Waals surface area contributed by atoms with Crippen LogP contribution < -0.4 is 0 Å². The summed E-state index contributed by atoms with van der Waals surface area (Å²) < 4.78 is 20.3. The number of fused-ring (bicyclic) bond motifs is 6. The highest BCUT2D eigenvalue weighted by molar-refractivity contribution is 6.12. The summed E-state index contributed by atoms with van der Waals surface area (Å²) in [6.07, 6.45) is 0. The molecule has 2 heterocycles. The predicted molar refractivity (Wildman–Crippen MR) is 232 cm³/mol. The number of para-hydroxylation sites is 2. The lowest BCUT2D eigenvalue weighted by Crippen LogP contribution is -2.05. The molecule has 0 aliphatic carbocycles. The Balaban J connectivity index is 1.34. The topological polar surface area (TPSA) is 85.6 Å². The van der Waals surface area contributed by atoms with Crippen LogP contribution in [0.1, 0.15) is 16.7 Å². The Morgan fingerprint density at radius 2 is 0.966 bits per heavy atom. The van der Waals surface area contributed by atoms with Crippen molar-refractivity contribution < 1.29 is 4.39 Å². The second kappa shape index (κ2) is 13.8. The van der Waals surface area contributed by atoms with Gasteiger partial charge in [-0.2, -0.15) is 15.8 Å². The average molecular weight is 755 g/mol. The van der Waals surface area contributed by atoms with Crippen molar-refractivity contribution in [2.45, 2.75) is 0 Å². The average Bonchev–Trinajstić information content (AvgIpc) is 3.80. The fourth-order valence-corrected chi connectivity index (χ4v) is 8.40. The molecule has 10 aromatic rings. The Kier molecular flexibility index (Phi) is 8.10. The van der Waals surface area contributed by atoms with Gasteiger partial charge < -0.3 is 9.13 Å². The maximum absolute atomic E-state index is 16.2. The molecular weight excluding hydrogens is 728 g/mol. The molecule has 0 aliphatic rings. The second-order valence-corrected chi connectivity index (χ2v) is 14.3. The highest BCUT2D eigenvalue weighted by Gasteiger charge is 2.24. The van der Waals surface area contributed by atoms with Gasteiger partial charge >= 0.3 is 0 Å². The lowest BCUT2D eigenvalue weighted by molar-refractivity contribution is 0.631. The molecule has 0 N–H and O–H groups in total. The Labute approximate surface area is 338 Å². The molecule has 0 unspecified atom stereocenters. The molecule has 2 aromatic heterocycles. The zero-order chi connectivity index (χ0) is 40.2. The predicted octanol–water partition coefficient (Wildman–Crippen LogP) is 13.2. The first-order valence-electron chi connectivity index (χ1n) is 18.8. The summed E-state index contributed by atoms with van der Waals surface area (Å²) in [5.74, 6) is -0.559. The lowest BCUT2D eigenvalue weighted by atomic mass is 9.98. The first-order chi connectivity index (χ1) is 29.0. The van der Waals surface area contributed by atoms with Gasteiger partial charge in [-0.05, 0) is 94.5 Å². The molecule has 0 saturated carbocycles. The molecule has 0 fully saturated rings. The molecule has 59 heavy (non-hydrogen) atoms. The van der Waals surface area contributed by atoms with Crippen molar-refractivity contribution >= 4 is 49.3 Å². The van der Waals surface area contributed by atoms with E-state index in [1.54, 1.807) is 24.3 Å². The minimum Gasteiger partial charge on any atom is -0.308 e.